The van der Waals surface area contributed by atoms with Crippen molar-refractivity contribution >= 4 is 23.4 Å². The topological polar surface area (TPSA) is 75.4 Å². The van der Waals surface area contributed by atoms with Crippen molar-refractivity contribution in [3.8, 4) is 0 Å². The molecule has 0 aliphatic carbocycles. The second kappa shape index (κ2) is 8.87. The highest BCUT2D eigenvalue weighted by Crippen LogP contribution is 2.32. The summed E-state index contributed by atoms with van der Waals surface area (Å²) in [5.74, 6) is -0.355. The molecule has 1 amide bonds. The number of carbonyl (C=O) groups is 1. The molecular weight excluding hydrogens is 272 g/mol. The zero-order chi connectivity index (χ0) is 15.0. The molecule has 20 heavy (non-hydrogen) atoms. The summed E-state index contributed by atoms with van der Waals surface area (Å²) in [5, 5.41) is 8.55. The van der Waals surface area contributed by atoms with Crippen molar-refractivity contribution in [2.75, 3.05) is 5.73 Å². The minimum Gasteiger partial charge on any atom is -0.398 e. The fourth-order valence-corrected chi connectivity index (χ4v) is 3.09. The minimum atomic E-state index is -0.355. The van der Waals surface area contributed by atoms with Crippen LogP contribution in [0, 0.1) is 6.92 Å². The Bertz CT molecular complexity index is 438. The van der Waals surface area contributed by atoms with Gasteiger partial charge in [0.1, 0.15) is 0 Å². The molecule has 5 heteroatoms. The molecule has 0 spiro atoms. The first kappa shape index (κ1) is 16.9. The number of nitrogens with one attached hydrogen (secondary N) is 1. The third-order valence-corrected chi connectivity index (χ3v) is 4.52. The van der Waals surface area contributed by atoms with Gasteiger partial charge < -0.3 is 5.73 Å². The van der Waals surface area contributed by atoms with Crippen molar-refractivity contribution in [2.24, 2.45) is 0 Å². The van der Waals surface area contributed by atoms with E-state index in [1.54, 1.807) is 5.48 Å². The lowest BCUT2D eigenvalue weighted by atomic mass is 10.1. The van der Waals surface area contributed by atoms with Gasteiger partial charge >= 0.3 is 0 Å². The normalized spacial score (nSPS) is 12.2. The molecule has 0 bridgehead atoms. The number of aryl methyl sites for hydroxylation is 1. The Labute approximate surface area is 125 Å². The van der Waals surface area contributed by atoms with Crippen LogP contribution < -0.4 is 11.2 Å². The standard InChI is InChI=1S/C15H24N2O2S/c1-3-4-5-6-7-14(15(18)17-19)20-13-9-8-11(2)10-12(13)16/h8-10,14,19H,3-7,16H2,1-2H3,(H,17,18). The number of amides is 1. The average Bonchev–Trinajstić information content (AvgIpc) is 2.43. The van der Waals surface area contributed by atoms with Crippen molar-refractivity contribution in [2.45, 2.75) is 56.1 Å². The molecule has 1 aromatic rings. The van der Waals surface area contributed by atoms with E-state index < -0.39 is 0 Å². The molecule has 1 atom stereocenters. The van der Waals surface area contributed by atoms with Crippen molar-refractivity contribution in [1.29, 1.82) is 0 Å². The lowest BCUT2D eigenvalue weighted by Gasteiger charge is -2.15. The maximum Gasteiger partial charge on any atom is 0.256 e. The molecule has 0 aliphatic rings. The highest BCUT2D eigenvalue weighted by Gasteiger charge is 2.20. The van der Waals surface area contributed by atoms with E-state index in [0.717, 1.165) is 36.1 Å². The van der Waals surface area contributed by atoms with Gasteiger partial charge in [-0.1, -0.05) is 38.7 Å². The summed E-state index contributed by atoms with van der Waals surface area (Å²) >= 11 is 1.42. The smallest absolute Gasteiger partial charge is 0.256 e. The number of benzene rings is 1. The molecule has 0 heterocycles. The zero-order valence-corrected chi connectivity index (χ0v) is 13.0. The molecule has 112 valence electrons. The molecule has 0 fully saturated rings. The summed E-state index contributed by atoms with van der Waals surface area (Å²) in [6, 6.07) is 5.80. The number of hydrogen-bond acceptors (Lipinski definition) is 4. The molecule has 0 aromatic heterocycles. The van der Waals surface area contributed by atoms with Gasteiger partial charge in [0.05, 0.1) is 5.25 Å². The van der Waals surface area contributed by atoms with E-state index in [-0.39, 0.29) is 11.2 Å². The number of hydrogen-bond donors (Lipinski definition) is 3. The van der Waals surface area contributed by atoms with E-state index in [0.29, 0.717) is 5.69 Å². The molecule has 0 saturated carbocycles. The molecule has 0 saturated heterocycles. The number of anilines is 1. The zero-order valence-electron chi connectivity index (χ0n) is 12.2. The fourth-order valence-electron chi connectivity index (χ4n) is 2.00. The number of hydroxylamine groups is 1. The van der Waals surface area contributed by atoms with Gasteiger partial charge in [-0.3, -0.25) is 10.0 Å². The van der Waals surface area contributed by atoms with Crippen LogP contribution in [0.3, 0.4) is 0 Å². The maximum atomic E-state index is 11.7. The van der Waals surface area contributed by atoms with Crippen LogP contribution in [0.15, 0.2) is 23.1 Å². The van der Waals surface area contributed by atoms with Gasteiger partial charge in [-0.2, -0.15) is 0 Å². The lowest BCUT2D eigenvalue weighted by molar-refractivity contribution is -0.128. The molecule has 0 radical (unpaired) electrons. The van der Waals surface area contributed by atoms with Crippen LogP contribution in [0.1, 0.15) is 44.6 Å². The Kier molecular flexibility index (Phi) is 7.47. The number of rotatable bonds is 8. The Morgan fingerprint density at radius 1 is 1.40 bits per heavy atom. The molecule has 0 aliphatic heterocycles. The summed E-state index contributed by atoms with van der Waals surface area (Å²) in [5.41, 5.74) is 9.50. The SMILES string of the molecule is CCCCCCC(Sc1ccc(C)cc1N)C(=O)NO. The molecule has 1 aromatic carbocycles. The molecule has 1 unspecified atom stereocenters. The van der Waals surface area contributed by atoms with Crippen LogP contribution in [-0.4, -0.2) is 16.4 Å². The van der Waals surface area contributed by atoms with Gasteiger partial charge in [0.15, 0.2) is 0 Å². The Morgan fingerprint density at radius 2 is 2.15 bits per heavy atom. The number of carbonyl (C=O) groups excluding carboxylic acids is 1. The third-order valence-electron chi connectivity index (χ3n) is 3.16. The van der Waals surface area contributed by atoms with Gasteiger partial charge in [0, 0.05) is 10.6 Å². The van der Waals surface area contributed by atoms with Crippen LogP contribution in [0.5, 0.6) is 0 Å². The van der Waals surface area contributed by atoms with Crippen LogP contribution >= 0.6 is 11.8 Å². The second-order valence-corrected chi connectivity index (χ2v) is 6.22. The fraction of sp³-hybridized carbons (Fsp3) is 0.533. The van der Waals surface area contributed by atoms with Crippen LogP contribution in [-0.2, 0) is 4.79 Å². The molecule has 1 rings (SSSR count). The van der Waals surface area contributed by atoms with Crippen molar-refractivity contribution < 1.29 is 10.0 Å². The summed E-state index contributed by atoms with van der Waals surface area (Å²) in [6.07, 6.45) is 5.16. The summed E-state index contributed by atoms with van der Waals surface area (Å²) in [6.45, 7) is 4.13. The number of thioether (sulfide) groups is 1. The number of nitrogens with two attached hydrogens (primary N) is 1. The van der Waals surface area contributed by atoms with E-state index in [1.807, 2.05) is 25.1 Å². The Balaban J connectivity index is 2.66. The largest absolute Gasteiger partial charge is 0.398 e. The number of unbranched alkanes of at least 4 members (excludes halogenated alkanes) is 3. The molecule has 4 N–H and O–H groups in total. The predicted molar refractivity (Wildman–Crippen MR) is 83.9 cm³/mol. The van der Waals surface area contributed by atoms with Crippen LogP contribution in [0.25, 0.3) is 0 Å². The first-order chi connectivity index (χ1) is 9.58. The quantitative estimate of drug-likeness (QED) is 0.226. The first-order valence-corrected chi connectivity index (χ1v) is 7.93. The Hall–Kier alpha value is -1.20. The Morgan fingerprint density at radius 3 is 2.75 bits per heavy atom. The first-order valence-electron chi connectivity index (χ1n) is 7.05. The van der Waals surface area contributed by atoms with E-state index in [4.69, 9.17) is 10.9 Å². The van der Waals surface area contributed by atoms with Crippen molar-refractivity contribution in [1.82, 2.24) is 5.48 Å². The highest BCUT2D eigenvalue weighted by atomic mass is 32.2. The van der Waals surface area contributed by atoms with E-state index in [1.165, 1.54) is 18.2 Å². The van der Waals surface area contributed by atoms with Gasteiger partial charge in [-0.15, -0.1) is 11.8 Å². The monoisotopic (exact) mass is 296 g/mol. The second-order valence-electron chi connectivity index (χ2n) is 4.97. The molecule has 4 nitrogen and oxygen atoms in total. The van der Waals surface area contributed by atoms with Gasteiger partial charge in [-0.25, -0.2) is 5.48 Å². The van der Waals surface area contributed by atoms with E-state index >= 15 is 0 Å². The maximum absolute atomic E-state index is 11.7. The van der Waals surface area contributed by atoms with E-state index in [9.17, 15) is 4.79 Å². The van der Waals surface area contributed by atoms with Crippen molar-refractivity contribution in [3.05, 3.63) is 23.8 Å². The summed E-state index contributed by atoms with van der Waals surface area (Å²) in [7, 11) is 0. The third kappa shape index (κ3) is 5.43. The number of nitrogen functional groups attached to an aromatic ring is 1. The van der Waals surface area contributed by atoms with Gasteiger partial charge in [0.2, 0.25) is 0 Å². The minimum absolute atomic E-state index is 0.304. The van der Waals surface area contributed by atoms with E-state index in [2.05, 4.69) is 6.92 Å². The predicted octanol–water partition coefficient (Wildman–Crippen LogP) is 3.51. The average molecular weight is 296 g/mol. The highest BCUT2D eigenvalue weighted by molar-refractivity contribution is 8.00. The summed E-state index contributed by atoms with van der Waals surface area (Å²) < 4.78 is 0. The van der Waals surface area contributed by atoms with Crippen molar-refractivity contribution in [3.63, 3.8) is 0 Å². The molecular formula is C15H24N2O2S. The van der Waals surface area contributed by atoms with Gasteiger partial charge in [0.25, 0.3) is 5.91 Å². The summed E-state index contributed by atoms with van der Waals surface area (Å²) in [4.78, 5) is 12.6. The van der Waals surface area contributed by atoms with Gasteiger partial charge in [-0.05, 0) is 31.0 Å². The lowest BCUT2D eigenvalue weighted by Crippen LogP contribution is -2.30. The van der Waals surface area contributed by atoms with Crippen LogP contribution in [0.4, 0.5) is 5.69 Å². The van der Waals surface area contributed by atoms with Crippen LogP contribution in [0.2, 0.25) is 0 Å².